The van der Waals surface area contributed by atoms with Gasteiger partial charge in [0, 0.05) is 43.2 Å². The largest absolute Gasteiger partial charge is 0.340 e. The molecule has 3 aromatic rings. The van der Waals surface area contributed by atoms with Gasteiger partial charge in [0.05, 0.1) is 17.2 Å². The SMILES string of the molecule is Cn1c2c(c(=O)n(C)c1=O)[C@H](c1cccnc1)C1=C(N2)c2ccccc2C1=O. The average molecular weight is 372 g/mol. The van der Waals surface area contributed by atoms with Gasteiger partial charge >= 0.3 is 5.69 Å². The van der Waals surface area contributed by atoms with Crippen LogP contribution < -0.4 is 16.6 Å². The molecule has 2 aromatic heterocycles. The molecule has 0 fully saturated rings. The monoisotopic (exact) mass is 372 g/mol. The summed E-state index contributed by atoms with van der Waals surface area (Å²) >= 11 is 0. The van der Waals surface area contributed by atoms with E-state index >= 15 is 0 Å². The molecule has 0 radical (unpaired) electrons. The van der Waals surface area contributed by atoms with Crippen molar-refractivity contribution in [2.45, 2.75) is 5.92 Å². The van der Waals surface area contributed by atoms with Crippen LogP contribution in [-0.4, -0.2) is 19.9 Å². The minimum absolute atomic E-state index is 0.117. The number of Topliss-reactive ketones (excluding diaryl/α,β-unsaturated/α-hetero) is 1. The molecule has 0 amide bonds. The Kier molecular flexibility index (Phi) is 3.30. The number of allylic oxidation sites excluding steroid dienone is 1. The first kappa shape index (κ1) is 16.4. The predicted molar refractivity (Wildman–Crippen MR) is 104 cm³/mol. The van der Waals surface area contributed by atoms with Crippen LogP contribution in [0.1, 0.15) is 33.0 Å². The minimum Gasteiger partial charge on any atom is -0.340 e. The van der Waals surface area contributed by atoms with Crippen molar-refractivity contribution in [3.8, 4) is 0 Å². The van der Waals surface area contributed by atoms with Crippen molar-refractivity contribution >= 4 is 17.3 Å². The van der Waals surface area contributed by atoms with E-state index < -0.39 is 17.2 Å². The standard InChI is InChI=1S/C21H16N4O3/c1-24-19-16(20(27)25(2)21(24)28)14(11-6-5-9-22-10-11)15-17(23-19)12-7-3-4-8-13(12)18(15)26/h3-10,14,23H,1-2H3/t14-/m1/s1. The van der Waals surface area contributed by atoms with E-state index in [1.54, 1.807) is 31.6 Å². The molecule has 5 rings (SSSR count). The Balaban J connectivity index is 1.90. The van der Waals surface area contributed by atoms with Gasteiger partial charge in [-0.05, 0) is 11.6 Å². The van der Waals surface area contributed by atoms with Crippen molar-refractivity contribution in [1.29, 1.82) is 0 Å². The normalized spacial score (nSPS) is 17.1. The van der Waals surface area contributed by atoms with E-state index in [2.05, 4.69) is 10.3 Å². The van der Waals surface area contributed by atoms with Gasteiger partial charge in [-0.25, -0.2) is 4.79 Å². The first-order valence-corrected chi connectivity index (χ1v) is 8.86. The third-order valence-corrected chi connectivity index (χ3v) is 5.49. The molecule has 0 saturated heterocycles. The second kappa shape index (κ2) is 5.63. The Morgan fingerprint density at radius 2 is 1.71 bits per heavy atom. The molecule has 7 heteroatoms. The number of fused-ring (bicyclic) bond motifs is 3. The van der Waals surface area contributed by atoms with Crippen molar-refractivity contribution in [3.05, 3.63) is 97.5 Å². The lowest BCUT2D eigenvalue weighted by molar-refractivity contribution is 0.103. The Labute approximate surface area is 159 Å². The van der Waals surface area contributed by atoms with Gasteiger partial charge in [-0.3, -0.25) is 23.7 Å². The number of hydrogen-bond acceptors (Lipinski definition) is 5. The number of ketones is 1. The summed E-state index contributed by atoms with van der Waals surface area (Å²) in [5.41, 5.74) is 2.77. The summed E-state index contributed by atoms with van der Waals surface area (Å²) in [5, 5.41) is 3.21. The van der Waals surface area contributed by atoms with Crippen LogP contribution >= 0.6 is 0 Å². The van der Waals surface area contributed by atoms with E-state index in [9.17, 15) is 14.4 Å². The Morgan fingerprint density at radius 1 is 0.964 bits per heavy atom. The fraction of sp³-hybridized carbons (Fsp3) is 0.143. The van der Waals surface area contributed by atoms with E-state index in [1.165, 1.54) is 11.6 Å². The average Bonchev–Trinajstić information content (AvgIpc) is 3.02. The Hall–Kier alpha value is -3.74. The molecule has 3 heterocycles. The number of carbonyl (C=O) groups excluding carboxylic acids is 1. The van der Waals surface area contributed by atoms with Crippen LogP contribution in [0.15, 0.2) is 64.0 Å². The maximum Gasteiger partial charge on any atom is 0.332 e. The second-order valence-corrected chi connectivity index (χ2v) is 6.98. The zero-order valence-corrected chi connectivity index (χ0v) is 15.3. The third-order valence-electron chi connectivity index (χ3n) is 5.49. The number of nitrogens with one attached hydrogen (secondary N) is 1. The maximum absolute atomic E-state index is 13.3. The number of pyridine rings is 1. The fourth-order valence-corrected chi connectivity index (χ4v) is 4.14. The molecule has 1 atom stereocenters. The molecule has 1 aromatic carbocycles. The number of rotatable bonds is 1. The molecule has 2 aliphatic rings. The van der Waals surface area contributed by atoms with Crippen LogP contribution in [0.4, 0.5) is 5.82 Å². The lowest BCUT2D eigenvalue weighted by Gasteiger charge is -2.29. The minimum atomic E-state index is -0.606. The van der Waals surface area contributed by atoms with Crippen molar-refractivity contribution in [1.82, 2.24) is 14.1 Å². The lowest BCUT2D eigenvalue weighted by atomic mass is 9.82. The van der Waals surface area contributed by atoms with E-state index in [1.807, 2.05) is 24.3 Å². The highest BCUT2D eigenvalue weighted by Crippen LogP contribution is 2.47. The van der Waals surface area contributed by atoms with Gasteiger partial charge in [0.15, 0.2) is 5.78 Å². The number of benzene rings is 1. The fourth-order valence-electron chi connectivity index (χ4n) is 4.14. The van der Waals surface area contributed by atoms with Crippen LogP contribution in [0.2, 0.25) is 0 Å². The highest BCUT2D eigenvalue weighted by atomic mass is 16.2. The highest BCUT2D eigenvalue weighted by molar-refractivity contribution is 6.23. The summed E-state index contributed by atoms with van der Waals surface area (Å²) in [6.45, 7) is 0. The molecule has 1 N–H and O–H groups in total. The zero-order valence-electron chi connectivity index (χ0n) is 15.3. The van der Waals surface area contributed by atoms with E-state index in [0.717, 1.165) is 15.7 Å². The van der Waals surface area contributed by atoms with Crippen LogP contribution in [0.3, 0.4) is 0 Å². The summed E-state index contributed by atoms with van der Waals surface area (Å²) in [7, 11) is 3.06. The van der Waals surface area contributed by atoms with Gasteiger partial charge in [-0.2, -0.15) is 0 Å². The predicted octanol–water partition coefficient (Wildman–Crippen LogP) is 1.64. The zero-order chi connectivity index (χ0) is 19.6. The number of hydrogen-bond donors (Lipinski definition) is 1. The van der Waals surface area contributed by atoms with Gasteiger partial charge in [0.1, 0.15) is 5.82 Å². The van der Waals surface area contributed by atoms with E-state index in [4.69, 9.17) is 0 Å². The summed E-state index contributed by atoms with van der Waals surface area (Å²) in [4.78, 5) is 43.0. The molecular formula is C21H16N4O3. The second-order valence-electron chi connectivity index (χ2n) is 6.98. The molecule has 0 unspecified atom stereocenters. The lowest BCUT2D eigenvalue weighted by Crippen LogP contribution is -2.42. The van der Waals surface area contributed by atoms with Gasteiger partial charge in [-0.1, -0.05) is 30.3 Å². The van der Waals surface area contributed by atoms with Gasteiger partial charge in [0.2, 0.25) is 0 Å². The molecule has 0 spiro atoms. The number of aromatic nitrogens is 3. The van der Waals surface area contributed by atoms with Crippen molar-refractivity contribution in [2.24, 2.45) is 14.1 Å². The van der Waals surface area contributed by atoms with Gasteiger partial charge < -0.3 is 5.32 Å². The molecule has 28 heavy (non-hydrogen) atoms. The molecule has 1 aliphatic heterocycles. The first-order chi connectivity index (χ1) is 13.5. The van der Waals surface area contributed by atoms with Crippen LogP contribution in [0.25, 0.3) is 5.70 Å². The molecule has 7 nitrogen and oxygen atoms in total. The smallest absolute Gasteiger partial charge is 0.332 e. The molecule has 138 valence electrons. The first-order valence-electron chi connectivity index (χ1n) is 8.86. The number of anilines is 1. The highest BCUT2D eigenvalue weighted by Gasteiger charge is 2.42. The maximum atomic E-state index is 13.3. The third kappa shape index (κ3) is 1.98. The van der Waals surface area contributed by atoms with Gasteiger partial charge in [0.25, 0.3) is 5.56 Å². The van der Waals surface area contributed by atoms with Crippen molar-refractivity contribution in [2.75, 3.05) is 5.32 Å². The van der Waals surface area contributed by atoms with E-state index in [-0.39, 0.29) is 5.78 Å². The van der Waals surface area contributed by atoms with Crippen LogP contribution in [0.5, 0.6) is 0 Å². The molecule has 0 bridgehead atoms. The number of nitrogens with zero attached hydrogens (tertiary/aromatic N) is 3. The van der Waals surface area contributed by atoms with Crippen LogP contribution in [0, 0.1) is 0 Å². The van der Waals surface area contributed by atoms with Gasteiger partial charge in [-0.15, -0.1) is 0 Å². The summed E-state index contributed by atoms with van der Waals surface area (Å²) < 4.78 is 2.48. The van der Waals surface area contributed by atoms with Crippen molar-refractivity contribution < 1.29 is 4.79 Å². The number of carbonyl (C=O) groups is 1. The Bertz CT molecular complexity index is 1320. The van der Waals surface area contributed by atoms with E-state index in [0.29, 0.717) is 28.2 Å². The van der Waals surface area contributed by atoms with Crippen molar-refractivity contribution in [3.63, 3.8) is 0 Å². The Morgan fingerprint density at radius 3 is 2.43 bits per heavy atom. The summed E-state index contributed by atoms with van der Waals surface area (Å²) in [6, 6.07) is 10.9. The molecule has 1 aliphatic carbocycles. The molecule has 0 saturated carbocycles. The molecular weight excluding hydrogens is 356 g/mol. The summed E-state index contributed by atoms with van der Waals surface area (Å²) in [5.74, 6) is -0.316. The van der Waals surface area contributed by atoms with Crippen LogP contribution in [-0.2, 0) is 14.1 Å². The quantitative estimate of drug-likeness (QED) is 0.702. The topological polar surface area (TPSA) is 86.0 Å². The summed E-state index contributed by atoms with van der Waals surface area (Å²) in [6.07, 6.45) is 3.30.